The molecule has 1 atom stereocenters. The molecule has 0 saturated heterocycles. The van der Waals surface area contributed by atoms with Gasteiger partial charge in [-0.3, -0.25) is 4.68 Å². The normalized spacial score (nSPS) is 12.4. The Morgan fingerprint density at radius 2 is 2.00 bits per heavy atom. The van der Waals surface area contributed by atoms with E-state index in [-0.39, 0.29) is 6.10 Å². The van der Waals surface area contributed by atoms with Crippen LogP contribution < -0.4 is 4.74 Å². The van der Waals surface area contributed by atoms with Gasteiger partial charge in [0.15, 0.2) is 0 Å². The molecule has 1 heterocycles. The van der Waals surface area contributed by atoms with Gasteiger partial charge in [0.05, 0.1) is 19.4 Å². The van der Waals surface area contributed by atoms with Crippen molar-refractivity contribution < 1.29 is 9.84 Å². The van der Waals surface area contributed by atoms with Gasteiger partial charge in [-0.05, 0) is 42.5 Å². The van der Waals surface area contributed by atoms with E-state index >= 15 is 0 Å². The minimum atomic E-state index is -0.325. The molecule has 4 nitrogen and oxygen atoms in total. The van der Waals surface area contributed by atoms with Crippen molar-refractivity contribution in [2.24, 2.45) is 7.05 Å². The summed E-state index contributed by atoms with van der Waals surface area (Å²) in [6.07, 6.45) is 5.78. The van der Waals surface area contributed by atoms with Crippen LogP contribution in [0.1, 0.15) is 17.5 Å². The van der Waals surface area contributed by atoms with E-state index in [9.17, 15) is 5.11 Å². The molecule has 0 aliphatic rings. The van der Waals surface area contributed by atoms with Gasteiger partial charge in [-0.2, -0.15) is 5.10 Å². The van der Waals surface area contributed by atoms with Gasteiger partial charge in [0.25, 0.3) is 0 Å². The van der Waals surface area contributed by atoms with Gasteiger partial charge in [-0.1, -0.05) is 12.1 Å². The number of aliphatic hydroxyl groups excluding tert-OH is 1. The number of aromatic nitrogens is 2. The van der Waals surface area contributed by atoms with Gasteiger partial charge in [0.2, 0.25) is 0 Å². The number of hydrogen-bond acceptors (Lipinski definition) is 3. The number of ether oxygens (including phenoxy) is 1. The third kappa shape index (κ3) is 4.10. The number of aryl methyl sites for hydroxylation is 2. The average Bonchev–Trinajstić information content (AvgIpc) is 2.83. The Morgan fingerprint density at radius 3 is 2.58 bits per heavy atom. The summed E-state index contributed by atoms with van der Waals surface area (Å²) in [6.45, 7) is 0. The number of benzene rings is 1. The van der Waals surface area contributed by atoms with E-state index < -0.39 is 0 Å². The highest BCUT2D eigenvalue weighted by Gasteiger charge is 2.07. The predicted molar refractivity (Wildman–Crippen MR) is 74.2 cm³/mol. The van der Waals surface area contributed by atoms with Gasteiger partial charge >= 0.3 is 0 Å². The maximum atomic E-state index is 10.0. The zero-order valence-electron chi connectivity index (χ0n) is 11.4. The number of aliphatic hydroxyl groups is 1. The molecule has 102 valence electrons. The Labute approximate surface area is 113 Å². The van der Waals surface area contributed by atoms with E-state index in [1.807, 2.05) is 43.7 Å². The lowest BCUT2D eigenvalue weighted by Crippen LogP contribution is -2.11. The zero-order valence-corrected chi connectivity index (χ0v) is 11.4. The number of rotatable bonds is 6. The van der Waals surface area contributed by atoms with E-state index in [1.165, 1.54) is 0 Å². The molecule has 0 radical (unpaired) electrons. The largest absolute Gasteiger partial charge is 0.497 e. The van der Waals surface area contributed by atoms with Crippen molar-refractivity contribution in [3.8, 4) is 5.75 Å². The lowest BCUT2D eigenvalue weighted by molar-refractivity contribution is 0.165. The predicted octanol–water partition coefficient (Wildman–Crippen LogP) is 1.96. The van der Waals surface area contributed by atoms with Crippen LogP contribution in [0.5, 0.6) is 5.75 Å². The molecule has 0 amide bonds. The number of methoxy groups -OCH3 is 1. The molecular formula is C15H20N2O2. The summed E-state index contributed by atoms with van der Waals surface area (Å²) in [4.78, 5) is 0. The molecule has 4 heteroatoms. The van der Waals surface area contributed by atoms with Crippen molar-refractivity contribution in [3.05, 3.63) is 47.8 Å². The minimum Gasteiger partial charge on any atom is -0.497 e. The molecule has 2 aromatic rings. The Bertz CT molecular complexity index is 505. The highest BCUT2D eigenvalue weighted by atomic mass is 16.5. The fourth-order valence-electron chi connectivity index (χ4n) is 2.07. The Hall–Kier alpha value is -1.81. The molecule has 0 bridgehead atoms. The first kappa shape index (κ1) is 13.6. The number of nitrogens with zero attached hydrogens (tertiary/aromatic N) is 2. The Kier molecular flexibility index (Phi) is 4.58. The van der Waals surface area contributed by atoms with E-state index in [1.54, 1.807) is 11.8 Å². The van der Waals surface area contributed by atoms with Crippen LogP contribution in [0.25, 0.3) is 0 Å². The molecule has 19 heavy (non-hydrogen) atoms. The van der Waals surface area contributed by atoms with Crippen molar-refractivity contribution in [2.45, 2.75) is 25.4 Å². The molecule has 0 aliphatic heterocycles. The maximum Gasteiger partial charge on any atom is 0.118 e. The highest BCUT2D eigenvalue weighted by molar-refractivity contribution is 5.27. The van der Waals surface area contributed by atoms with Crippen molar-refractivity contribution in [1.29, 1.82) is 0 Å². The lowest BCUT2D eigenvalue weighted by atomic mass is 10.0. The smallest absolute Gasteiger partial charge is 0.118 e. The maximum absolute atomic E-state index is 10.0. The van der Waals surface area contributed by atoms with Crippen molar-refractivity contribution in [3.63, 3.8) is 0 Å². The van der Waals surface area contributed by atoms with Crippen LogP contribution in [0.4, 0.5) is 0 Å². The van der Waals surface area contributed by atoms with Crippen LogP contribution in [0.15, 0.2) is 36.7 Å². The fourth-order valence-corrected chi connectivity index (χ4v) is 2.07. The van der Waals surface area contributed by atoms with Crippen LogP contribution in [-0.2, 0) is 19.9 Å². The summed E-state index contributed by atoms with van der Waals surface area (Å²) in [5, 5.41) is 14.2. The van der Waals surface area contributed by atoms with Gasteiger partial charge < -0.3 is 9.84 Å². The monoisotopic (exact) mass is 260 g/mol. The lowest BCUT2D eigenvalue weighted by Gasteiger charge is -2.10. The molecular weight excluding hydrogens is 240 g/mol. The molecule has 1 aromatic heterocycles. The Balaban J connectivity index is 1.81. The molecule has 1 unspecified atom stereocenters. The molecule has 0 fully saturated rings. The zero-order chi connectivity index (χ0) is 13.7. The average molecular weight is 260 g/mol. The molecule has 1 N–H and O–H groups in total. The highest BCUT2D eigenvalue weighted by Crippen LogP contribution is 2.14. The fraction of sp³-hybridized carbons (Fsp3) is 0.400. The summed E-state index contributed by atoms with van der Waals surface area (Å²) >= 11 is 0. The molecule has 1 aromatic carbocycles. The van der Waals surface area contributed by atoms with E-state index in [4.69, 9.17) is 4.74 Å². The van der Waals surface area contributed by atoms with Gasteiger partial charge in [0, 0.05) is 13.2 Å². The number of hydrogen-bond donors (Lipinski definition) is 1. The van der Waals surface area contributed by atoms with Crippen LogP contribution in [0, 0.1) is 0 Å². The minimum absolute atomic E-state index is 0.325. The van der Waals surface area contributed by atoms with E-state index in [0.717, 1.165) is 29.7 Å². The summed E-state index contributed by atoms with van der Waals surface area (Å²) in [7, 11) is 3.55. The third-order valence-electron chi connectivity index (χ3n) is 3.15. The van der Waals surface area contributed by atoms with Crippen molar-refractivity contribution in [2.75, 3.05) is 7.11 Å². The van der Waals surface area contributed by atoms with Crippen LogP contribution in [-0.4, -0.2) is 28.1 Å². The summed E-state index contributed by atoms with van der Waals surface area (Å²) in [5.41, 5.74) is 2.29. The topological polar surface area (TPSA) is 47.3 Å². The summed E-state index contributed by atoms with van der Waals surface area (Å²) < 4.78 is 6.89. The van der Waals surface area contributed by atoms with Crippen molar-refractivity contribution in [1.82, 2.24) is 9.78 Å². The SMILES string of the molecule is COc1ccc(CC(O)CCc2cnn(C)c2)cc1. The van der Waals surface area contributed by atoms with Crippen LogP contribution >= 0.6 is 0 Å². The molecule has 2 rings (SSSR count). The van der Waals surface area contributed by atoms with Gasteiger partial charge in [0.1, 0.15) is 5.75 Å². The van der Waals surface area contributed by atoms with Gasteiger partial charge in [-0.25, -0.2) is 0 Å². The second-order valence-electron chi connectivity index (χ2n) is 4.77. The van der Waals surface area contributed by atoms with Crippen molar-refractivity contribution >= 4 is 0 Å². The standard InChI is InChI=1S/C15H20N2O2/c1-17-11-13(10-16-17)3-6-14(18)9-12-4-7-15(19-2)8-5-12/h4-5,7-8,10-11,14,18H,3,6,9H2,1-2H3. The second-order valence-corrected chi connectivity index (χ2v) is 4.77. The van der Waals surface area contributed by atoms with Crippen LogP contribution in [0.2, 0.25) is 0 Å². The van der Waals surface area contributed by atoms with E-state index in [0.29, 0.717) is 6.42 Å². The summed E-state index contributed by atoms with van der Waals surface area (Å²) in [5.74, 6) is 0.841. The van der Waals surface area contributed by atoms with Gasteiger partial charge in [-0.15, -0.1) is 0 Å². The molecule has 0 aliphatic carbocycles. The quantitative estimate of drug-likeness (QED) is 0.863. The first-order chi connectivity index (χ1) is 9.17. The Morgan fingerprint density at radius 1 is 1.26 bits per heavy atom. The van der Waals surface area contributed by atoms with E-state index in [2.05, 4.69) is 5.10 Å². The van der Waals surface area contributed by atoms with Crippen LogP contribution in [0.3, 0.4) is 0 Å². The first-order valence-electron chi connectivity index (χ1n) is 6.46. The molecule has 0 spiro atoms. The summed E-state index contributed by atoms with van der Waals surface area (Å²) in [6, 6.07) is 7.82. The first-order valence-corrected chi connectivity index (χ1v) is 6.46. The third-order valence-corrected chi connectivity index (χ3v) is 3.15. The molecule has 0 saturated carbocycles. The second kappa shape index (κ2) is 6.38.